The molecule has 0 aromatic heterocycles. The molecule has 3 nitrogen and oxygen atoms in total. The Bertz CT molecular complexity index is 590. The smallest absolute Gasteiger partial charge is 0.255 e. The van der Waals surface area contributed by atoms with Gasteiger partial charge in [0.15, 0.2) is 0 Å². The van der Waals surface area contributed by atoms with Gasteiger partial charge in [0.25, 0.3) is 5.91 Å². The Morgan fingerprint density at radius 1 is 1.29 bits per heavy atom. The molecule has 0 N–H and O–H groups in total. The molecular formula is C16H17BrClNO2. The third-order valence-electron chi connectivity index (χ3n) is 4.54. The van der Waals surface area contributed by atoms with Gasteiger partial charge < -0.3 is 4.90 Å². The minimum atomic E-state index is -0.0523. The number of nitrogens with zero attached hydrogens (tertiary/aromatic N) is 1. The second-order valence-electron chi connectivity index (χ2n) is 5.80. The zero-order chi connectivity index (χ0) is 15.0. The maximum atomic E-state index is 12.8. The summed E-state index contributed by atoms with van der Waals surface area (Å²) in [6, 6.07) is 5.37. The van der Waals surface area contributed by atoms with Crippen molar-refractivity contribution in [2.24, 2.45) is 5.92 Å². The van der Waals surface area contributed by atoms with Crippen LogP contribution >= 0.6 is 27.5 Å². The summed E-state index contributed by atoms with van der Waals surface area (Å²) in [6.45, 7) is 0.718. The van der Waals surface area contributed by atoms with E-state index in [2.05, 4.69) is 15.9 Å². The molecule has 2 unspecified atom stereocenters. The third-order valence-corrected chi connectivity index (χ3v) is 5.36. The van der Waals surface area contributed by atoms with Gasteiger partial charge in [-0.2, -0.15) is 0 Å². The number of halogens is 2. The van der Waals surface area contributed by atoms with Crippen LogP contribution in [0, 0.1) is 5.92 Å². The second kappa shape index (κ2) is 6.09. The molecule has 1 aromatic carbocycles. The van der Waals surface area contributed by atoms with Crippen LogP contribution < -0.4 is 0 Å². The average molecular weight is 371 g/mol. The monoisotopic (exact) mass is 369 g/mol. The molecule has 5 heteroatoms. The van der Waals surface area contributed by atoms with Crippen molar-refractivity contribution in [1.82, 2.24) is 4.90 Å². The van der Waals surface area contributed by atoms with Gasteiger partial charge in [0.1, 0.15) is 5.78 Å². The van der Waals surface area contributed by atoms with E-state index in [0.717, 1.165) is 36.7 Å². The average Bonchev–Trinajstić information content (AvgIpc) is 3.08. The highest BCUT2D eigenvalue weighted by atomic mass is 79.9. The van der Waals surface area contributed by atoms with Gasteiger partial charge in [0.05, 0.1) is 10.6 Å². The van der Waals surface area contributed by atoms with Crippen molar-refractivity contribution in [3.63, 3.8) is 0 Å². The predicted octanol–water partition coefficient (Wildman–Crippen LogP) is 4.08. The van der Waals surface area contributed by atoms with Crippen LogP contribution in [0.4, 0.5) is 0 Å². The van der Waals surface area contributed by atoms with E-state index >= 15 is 0 Å². The van der Waals surface area contributed by atoms with Crippen LogP contribution in [0.3, 0.4) is 0 Å². The van der Waals surface area contributed by atoms with Gasteiger partial charge in [-0.1, -0.05) is 27.5 Å². The van der Waals surface area contributed by atoms with Crippen LogP contribution in [-0.4, -0.2) is 29.2 Å². The Hall–Kier alpha value is -0.870. The van der Waals surface area contributed by atoms with Crippen molar-refractivity contribution in [1.29, 1.82) is 0 Å². The van der Waals surface area contributed by atoms with Crippen LogP contribution in [0.1, 0.15) is 42.5 Å². The van der Waals surface area contributed by atoms with E-state index in [1.54, 1.807) is 12.1 Å². The lowest BCUT2D eigenvalue weighted by Gasteiger charge is -2.29. The quantitative estimate of drug-likeness (QED) is 0.787. The van der Waals surface area contributed by atoms with Gasteiger partial charge >= 0.3 is 0 Å². The summed E-state index contributed by atoms with van der Waals surface area (Å²) in [5.74, 6) is 0.297. The summed E-state index contributed by atoms with van der Waals surface area (Å²) < 4.78 is 0.836. The van der Waals surface area contributed by atoms with Crippen molar-refractivity contribution in [3.05, 3.63) is 33.3 Å². The number of Topliss-reactive ketones (excluding diaryl/α,β-unsaturated/α-hetero) is 1. The molecule has 0 radical (unpaired) electrons. The SMILES string of the molecule is O=C1CCCC1C1CCCN1C(=O)c1cc(Br)ccc1Cl. The van der Waals surface area contributed by atoms with E-state index in [1.807, 2.05) is 11.0 Å². The van der Waals surface area contributed by atoms with E-state index in [-0.39, 0.29) is 17.9 Å². The Kier molecular flexibility index (Phi) is 4.36. The maximum absolute atomic E-state index is 12.8. The number of hydrogen-bond acceptors (Lipinski definition) is 2. The van der Waals surface area contributed by atoms with E-state index < -0.39 is 0 Å². The Morgan fingerprint density at radius 2 is 2.10 bits per heavy atom. The van der Waals surface area contributed by atoms with Gasteiger partial charge in [0, 0.05) is 29.4 Å². The van der Waals surface area contributed by atoms with Crippen LogP contribution in [0.25, 0.3) is 0 Å². The summed E-state index contributed by atoms with van der Waals surface area (Å²) in [5.41, 5.74) is 0.517. The molecule has 3 rings (SSSR count). The molecule has 1 saturated heterocycles. The lowest BCUT2D eigenvalue weighted by Crippen LogP contribution is -2.41. The number of carbonyl (C=O) groups is 2. The summed E-state index contributed by atoms with van der Waals surface area (Å²) in [5, 5.41) is 0.464. The lowest BCUT2D eigenvalue weighted by molar-refractivity contribution is -0.121. The summed E-state index contributed by atoms with van der Waals surface area (Å²) in [6.07, 6.45) is 4.43. The van der Waals surface area contributed by atoms with Crippen LogP contribution in [0.15, 0.2) is 22.7 Å². The van der Waals surface area contributed by atoms with Gasteiger partial charge in [-0.15, -0.1) is 0 Å². The number of amides is 1. The minimum Gasteiger partial charge on any atom is -0.335 e. The highest BCUT2D eigenvalue weighted by Crippen LogP contribution is 2.35. The molecule has 2 aliphatic rings. The zero-order valence-corrected chi connectivity index (χ0v) is 14.0. The molecule has 2 atom stereocenters. The number of hydrogen-bond donors (Lipinski definition) is 0. The molecule has 0 spiro atoms. The first kappa shape index (κ1) is 15.0. The number of benzene rings is 1. The molecule has 1 aromatic rings. The van der Waals surface area contributed by atoms with Gasteiger partial charge in [-0.05, 0) is 43.9 Å². The normalized spacial score (nSPS) is 25.6. The third kappa shape index (κ3) is 2.88. The molecule has 2 fully saturated rings. The highest BCUT2D eigenvalue weighted by Gasteiger charge is 2.40. The van der Waals surface area contributed by atoms with Crippen LogP contribution in [0.2, 0.25) is 5.02 Å². The van der Waals surface area contributed by atoms with Crippen molar-refractivity contribution in [2.45, 2.75) is 38.1 Å². The van der Waals surface area contributed by atoms with Crippen LogP contribution in [0.5, 0.6) is 0 Å². The molecule has 1 aliphatic heterocycles. The summed E-state index contributed by atoms with van der Waals surface area (Å²) in [4.78, 5) is 26.7. The standard InChI is InChI=1S/C16H17BrClNO2/c17-10-6-7-13(18)12(9-10)16(21)19-8-2-4-14(19)11-3-1-5-15(11)20/h6-7,9,11,14H,1-5,8H2. The second-order valence-corrected chi connectivity index (χ2v) is 7.12. The summed E-state index contributed by atoms with van der Waals surface area (Å²) >= 11 is 9.55. The lowest BCUT2D eigenvalue weighted by atomic mass is 9.94. The number of likely N-dealkylation sites (tertiary alicyclic amines) is 1. The van der Waals surface area contributed by atoms with E-state index in [4.69, 9.17) is 11.6 Å². The Labute approximate surface area is 137 Å². The van der Waals surface area contributed by atoms with Crippen molar-refractivity contribution < 1.29 is 9.59 Å². The molecule has 1 saturated carbocycles. The topological polar surface area (TPSA) is 37.4 Å². The Balaban J connectivity index is 1.86. The van der Waals surface area contributed by atoms with E-state index in [1.165, 1.54) is 0 Å². The van der Waals surface area contributed by atoms with Crippen molar-refractivity contribution in [3.8, 4) is 0 Å². The van der Waals surface area contributed by atoms with E-state index in [9.17, 15) is 9.59 Å². The van der Waals surface area contributed by atoms with E-state index in [0.29, 0.717) is 22.8 Å². The Morgan fingerprint density at radius 3 is 2.81 bits per heavy atom. The molecular weight excluding hydrogens is 354 g/mol. The first-order valence-corrected chi connectivity index (χ1v) is 8.54. The molecule has 1 aliphatic carbocycles. The number of ketones is 1. The fourth-order valence-corrected chi connectivity index (χ4v) is 4.09. The van der Waals surface area contributed by atoms with Gasteiger partial charge in [-0.25, -0.2) is 0 Å². The molecule has 21 heavy (non-hydrogen) atoms. The zero-order valence-electron chi connectivity index (χ0n) is 11.6. The maximum Gasteiger partial charge on any atom is 0.255 e. The number of rotatable bonds is 2. The largest absolute Gasteiger partial charge is 0.335 e. The number of carbonyl (C=O) groups excluding carboxylic acids is 2. The summed E-state index contributed by atoms with van der Waals surface area (Å²) in [7, 11) is 0. The first-order chi connectivity index (χ1) is 10.1. The fourth-order valence-electron chi connectivity index (χ4n) is 3.53. The molecule has 0 bridgehead atoms. The highest BCUT2D eigenvalue weighted by molar-refractivity contribution is 9.10. The van der Waals surface area contributed by atoms with Crippen molar-refractivity contribution in [2.75, 3.05) is 6.54 Å². The first-order valence-electron chi connectivity index (χ1n) is 7.36. The van der Waals surface area contributed by atoms with Gasteiger partial charge in [0.2, 0.25) is 0 Å². The van der Waals surface area contributed by atoms with Crippen LogP contribution in [-0.2, 0) is 4.79 Å². The van der Waals surface area contributed by atoms with Gasteiger partial charge in [-0.3, -0.25) is 9.59 Å². The minimum absolute atomic E-state index is 0.0300. The van der Waals surface area contributed by atoms with Crippen molar-refractivity contribution >= 4 is 39.2 Å². The predicted molar refractivity (Wildman–Crippen MR) is 85.6 cm³/mol. The molecule has 112 valence electrons. The molecule has 1 amide bonds. The molecule has 1 heterocycles. The fraction of sp³-hybridized carbons (Fsp3) is 0.500.